The van der Waals surface area contributed by atoms with E-state index in [1.54, 1.807) is 0 Å². The van der Waals surface area contributed by atoms with Gasteiger partial charge in [-0.1, -0.05) is 35.9 Å². The molecule has 0 saturated carbocycles. The molecule has 1 rings (SSSR count). The fraction of sp³-hybridized carbons (Fsp3) is 0.200. The first-order chi connectivity index (χ1) is 5.68. The summed E-state index contributed by atoms with van der Waals surface area (Å²) >= 11 is 5.73. The van der Waals surface area contributed by atoms with E-state index in [4.69, 9.17) is 17.3 Å². The summed E-state index contributed by atoms with van der Waals surface area (Å²) in [7, 11) is 0. The van der Waals surface area contributed by atoms with Crippen molar-refractivity contribution in [3.63, 3.8) is 0 Å². The van der Waals surface area contributed by atoms with Gasteiger partial charge in [0.05, 0.1) is 0 Å². The summed E-state index contributed by atoms with van der Waals surface area (Å²) in [6.45, 7) is 1.94. The second-order valence-electron chi connectivity index (χ2n) is 2.77. The zero-order chi connectivity index (χ0) is 8.97. The zero-order valence-electron chi connectivity index (χ0n) is 7.00. The number of benzene rings is 1. The molecule has 0 aliphatic rings. The fourth-order valence-electron chi connectivity index (χ4n) is 0.837. The van der Waals surface area contributed by atoms with Crippen LogP contribution in [0.5, 0.6) is 0 Å². The van der Waals surface area contributed by atoms with E-state index < -0.39 is 0 Å². The molecule has 1 atom stereocenters. The van der Waals surface area contributed by atoms with Gasteiger partial charge < -0.3 is 5.73 Å². The van der Waals surface area contributed by atoms with Crippen molar-refractivity contribution < 1.29 is 0 Å². The van der Waals surface area contributed by atoms with Crippen molar-refractivity contribution in [1.29, 1.82) is 0 Å². The van der Waals surface area contributed by atoms with Gasteiger partial charge in [0.15, 0.2) is 0 Å². The van der Waals surface area contributed by atoms with Gasteiger partial charge in [-0.05, 0) is 24.6 Å². The quantitative estimate of drug-likeness (QED) is 0.746. The van der Waals surface area contributed by atoms with Crippen LogP contribution in [0.25, 0.3) is 6.08 Å². The molecule has 2 heteroatoms. The van der Waals surface area contributed by atoms with Gasteiger partial charge in [-0.3, -0.25) is 0 Å². The van der Waals surface area contributed by atoms with Crippen molar-refractivity contribution in [2.45, 2.75) is 13.0 Å². The maximum Gasteiger partial charge on any atom is 0.0406 e. The number of halogens is 1. The molecule has 0 heterocycles. The second-order valence-corrected chi connectivity index (χ2v) is 3.21. The highest BCUT2D eigenvalue weighted by atomic mass is 35.5. The highest BCUT2D eigenvalue weighted by molar-refractivity contribution is 6.30. The average molecular weight is 182 g/mol. The standard InChI is InChI=1S/C10H12ClN/c1-8(12)2-3-9-4-6-10(11)7-5-9/h2-8H,12H2,1H3/b3-2+/t8-/m0/s1. The third kappa shape index (κ3) is 3.07. The molecule has 1 nitrogen and oxygen atoms in total. The minimum atomic E-state index is 0.0979. The highest BCUT2D eigenvalue weighted by Crippen LogP contribution is 2.10. The van der Waals surface area contributed by atoms with Crippen LogP contribution in [0.15, 0.2) is 30.3 Å². The summed E-state index contributed by atoms with van der Waals surface area (Å²) in [5.74, 6) is 0. The predicted molar refractivity (Wildman–Crippen MR) is 54.1 cm³/mol. The van der Waals surface area contributed by atoms with Gasteiger partial charge >= 0.3 is 0 Å². The zero-order valence-corrected chi connectivity index (χ0v) is 7.75. The number of nitrogens with two attached hydrogens (primary N) is 1. The van der Waals surface area contributed by atoms with Crippen LogP contribution in [0.4, 0.5) is 0 Å². The lowest BCUT2D eigenvalue weighted by molar-refractivity contribution is 0.931. The minimum absolute atomic E-state index is 0.0979. The molecular formula is C10H12ClN. The third-order valence-electron chi connectivity index (χ3n) is 1.46. The van der Waals surface area contributed by atoms with Gasteiger partial charge in [-0.25, -0.2) is 0 Å². The molecule has 1 aromatic rings. The molecule has 64 valence electrons. The summed E-state index contributed by atoms with van der Waals surface area (Å²) in [6.07, 6.45) is 3.93. The largest absolute Gasteiger partial charge is 0.325 e. The lowest BCUT2D eigenvalue weighted by Crippen LogP contribution is -2.09. The summed E-state index contributed by atoms with van der Waals surface area (Å²) in [4.78, 5) is 0. The van der Waals surface area contributed by atoms with Gasteiger partial charge in [0.2, 0.25) is 0 Å². The normalized spacial score (nSPS) is 13.6. The molecular weight excluding hydrogens is 170 g/mol. The Kier molecular flexibility index (Phi) is 3.32. The lowest BCUT2D eigenvalue weighted by Gasteiger charge is -1.95. The van der Waals surface area contributed by atoms with Crippen molar-refractivity contribution in [2.75, 3.05) is 0 Å². The van der Waals surface area contributed by atoms with E-state index in [9.17, 15) is 0 Å². The Morgan fingerprint density at radius 2 is 1.92 bits per heavy atom. The molecule has 0 spiro atoms. The van der Waals surface area contributed by atoms with Gasteiger partial charge in [0.25, 0.3) is 0 Å². The number of hydrogen-bond donors (Lipinski definition) is 1. The Bertz CT molecular complexity index is 262. The van der Waals surface area contributed by atoms with Gasteiger partial charge in [-0.2, -0.15) is 0 Å². The molecule has 0 unspecified atom stereocenters. The van der Waals surface area contributed by atoms with E-state index in [-0.39, 0.29) is 6.04 Å². The first kappa shape index (κ1) is 9.30. The van der Waals surface area contributed by atoms with Crippen molar-refractivity contribution in [2.24, 2.45) is 5.73 Å². The van der Waals surface area contributed by atoms with Crippen LogP contribution in [0.1, 0.15) is 12.5 Å². The first-order valence-corrected chi connectivity index (χ1v) is 4.25. The van der Waals surface area contributed by atoms with Gasteiger partial charge in [-0.15, -0.1) is 0 Å². The van der Waals surface area contributed by atoms with Crippen LogP contribution >= 0.6 is 11.6 Å². The Hall–Kier alpha value is -0.790. The smallest absolute Gasteiger partial charge is 0.0406 e. The molecule has 0 amide bonds. The number of rotatable bonds is 2. The van der Waals surface area contributed by atoms with E-state index in [1.165, 1.54) is 0 Å². The molecule has 0 aliphatic heterocycles. The van der Waals surface area contributed by atoms with Crippen LogP contribution in [0.3, 0.4) is 0 Å². The molecule has 0 fully saturated rings. The van der Waals surface area contributed by atoms with E-state index in [1.807, 2.05) is 43.3 Å². The molecule has 0 aromatic heterocycles. The predicted octanol–water partition coefficient (Wildman–Crippen LogP) is 2.70. The first-order valence-electron chi connectivity index (χ1n) is 3.88. The summed E-state index contributed by atoms with van der Waals surface area (Å²) in [5.41, 5.74) is 6.68. The Morgan fingerprint density at radius 1 is 1.33 bits per heavy atom. The SMILES string of the molecule is C[C@H](N)/C=C/c1ccc(Cl)cc1. The van der Waals surface area contributed by atoms with E-state index in [0.29, 0.717) is 0 Å². The van der Waals surface area contributed by atoms with Crippen molar-refractivity contribution >= 4 is 17.7 Å². The molecule has 0 radical (unpaired) electrons. The summed E-state index contributed by atoms with van der Waals surface area (Å²) < 4.78 is 0. The van der Waals surface area contributed by atoms with Crippen molar-refractivity contribution in [3.05, 3.63) is 40.9 Å². The maximum atomic E-state index is 5.73. The maximum absolute atomic E-state index is 5.73. The Morgan fingerprint density at radius 3 is 2.42 bits per heavy atom. The molecule has 2 N–H and O–H groups in total. The summed E-state index contributed by atoms with van der Waals surface area (Å²) in [6, 6.07) is 7.74. The molecule has 0 bridgehead atoms. The second kappa shape index (κ2) is 4.29. The van der Waals surface area contributed by atoms with Crippen molar-refractivity contribution in [1.82, 2.24) is 0 Å². The van der Waals surface area contributed by atoms with E-state index >= 15 is 0 Å². The van der Waals surface area contributed by atoms with Gasteiger partial charge in [0, 0.05) is 11.1 Å². The van der Waals surface area contributed by atoms with Gasteiger partial charge in [0.1, 0.15) is 0 Å². The number of hydrogen-bond acceptors (Lipinski definition) is 1. The van der Waals surface area contributed by atoms with Crippen LogP contribution in [-0.2, 0) is 0 Å². The Balaban J connectivity index is 2.71. The summed E-state index contributed by atoms with van der Waals surface area (Å²) in [5, 5.41) is 0.757. The third-order valence-corrected chi connectivity index (χ3v) is 1.71. The van der Waals surface area contributed by atoms with Crippen LogP contribution < -0.4 is 5.73 Å². The fourth-order valence-corrected chi connectivity index (χ4v) is 0.963. The molecule has 0 aliphatic carbocycles. The molecule has 12 heavy (non-hydrogen) atoms. The van der Waals surface area contributed by atoms with E-state index in [0.717, 1.165) is 10.6 Å². The lowest BCUT2D eigenvalue weighted by atomic mass is 10.2. The van der Waals surface area contributed by atoms with Crippen LogP contribution in [0, 0.1) is 0 Å². The highest BCUT2D eigenvalue weighted by Gasteiger charge is 1.88. The van der Waals surface area contributed by atoms with Crippen molar-refractivity contribution in [3.8, 4) is 0 Å². The molecule has 0 saturated heterocycles. The van der Waals surface area contributed by atoms with Crippen LogP contribution in [-0.4, -0.2) is 6.04 Å². The molecule has 1 aromatic carbocycles. The Labute approximate surface area is 77.8 Å². The van der Waals surface area contributed by atoms with E-state index in [2.05, 4.69) is 0 Å². The topological polar surface area (TPSA) is 26.0 Å². The van der Waals surface area contributed by atoms with Crippen LogP contribution in [0.2, 0.25) is 5.02 Å². The average Bonchev–Trinajstić information content (AvgIpc) is 2.03. The minimum Gasteiger partial charge on any atom is -0.325 e. The monoisotopic (exact) mass is 181 g/mol.